The molecule has 0 aromatic heterocycles. The van der Waals surface area contributed by atoms with Gasteiger partial charge in [0, 0.05) is 38.8 Å². The van der Waals surface area contributed by atoms with Gasteiger partial charge in [-0.1, -0.05) is 25.1 Å². The van der Waals surface area contributed by atoms with Crippen molar-refractivity contribution < 1.29 is 19.1 Å². The van der Waals surface area contributed by atoms with E-state index in [0.717, 1.165) is 17.7 Å². The Morgan fingerprint density at radius 2 is 1.80 bits per heavy atom. The van der Waals surface area contributed by atoms with Crippen LogP contribution in [-0.4, -0.2) is 66.9 Å². The predicted octanol–water partition coefficient (Wildman–Crippen LogP) is 0.895. The van der Waals surface area contributed by atoms with Crippen LogP contribution in [-0.2, 0) is 25.5 Å². The minimum absolute atomic E-state index is 0.0550. The summed E-state index contributed by atoms with van der Waals surface area (Å²) in [6.07, 6.45) is 0.861. The summed E-state index contributed by atoms with van der Waals surface area (Å²) in [5, 5.41) is 2.96. The maximum absolute atomic E-state index is 12.3. The molecule has 1 aliphatic heterocycles. The van der Waals surface area contributed by atoms with E-state index in [0.29, 0.717) is 32.7 Å². The van der Waals surface area contributed by atoms with Crippen LogP contribution >= 0.6 is 0 Å². The average molecular weight is 347 g/mol. The molecule has 0 unspecified atom stereocenters. The smallest absolute Gasteiger partial charge is 0.303 e. The van der Waals surface area contributed by atoms with Crippen LogP contribution in [0, 0.1) is 0 Å². The lowest BCUT2D eigenvalue weighted by Crippen LogP contribution is -2.51. The van der Waals surface area contributed by atoms with Crippen molar-refractivity contribution in [1.82, 2.24) is 9.80 Å². The fourth-order valence-electron chi connectivity index (χ4n) is 2.75. The van der Waals surface area contributed by atoms with Crippen molar-refractivity contribution in [2.75, 3.05) is 44.6 Å². The van der Waals surface area contributed by atoms with Gasteiger partial charge in [-0.2, -0.15) is 0 Å². The maximum Gasteiger partial charge on any atom is 0.303 e. The largest absolute Gasteiger partial charge is 0.456 e. The van der Waals surface area contributed by atoms with Gasteiger partial charge in [-0.25, -0.2) is 0 Å². The number of hydrogen-bond acceptors (Lipinski definition) is 5. The first-order valence-corrected chi connectivity index (χ1v) is 8.51. The van der Waals surface area contributed by atoms with Crippen molar-refractivity contribution in [3.8, 4) is 0 Å². The Labute approximate surface area is 147 Å². The number of carbonyl (C=O) groups excluding carboxylic acids is 3. The number of carbonyl (C=O) groups is 3. The molecular formula is C18H25N3O4. The molecule has 1 heterocycles. The molecule has 1 aromatic rings. The van der Waals surface area contributed by atoms with Crippen molar-refractivity contribution in [3.05, 3.63) is 29.8 Å². The minimum atomic E-state index is -0.462. The molecule has 0 atom stereocenters. The SMILES string of the molecule is CCc1ccccc1NC(=O)CN1CCN(C(=O)COC(C)=O)CC1. The van der Waals surface area contributed by atoms with E-state index < -0.39 is 5.97 Å². The molecule has 1 aliphatic rings. The summed E-state index contributed by atoms with van der Waals surface area (Å²) in [5.41, 5.74) is 1.96. The number of hydrogen-bond donors (Lipinski definition) is 1. The third-order valence-electron chi connectivity index (χ3n) is 4.16. The summed E-state index contributed by atoms with van der Waals surface area (Å²) in [4.78, 5) is 38.6. The fraction of sp³-hybridized carbons (Fsp3) is 0.500. The normalized spacial score (nSPS) is 14.9. The Hall–Kier alpha value is -2.41. The molecule has 2 amide bonds. The molecule has 0 spiro atoms. The number of benzene rings is 1. The molecular weight excluding hydrogens is 322 g/mol. The number of aryl methyl sites for hydroxylation is 1. The lowest BCUT2D eigenvalue weighted by Gasteiger charge is -2.34. The molecule has 136 valence electrons. The van der Waals surface area contributed by atoms with E-state index in [1.807, 2.05) is 29.2 Å². The Balaban J connectivity index is 1.77. The predicted molar refractivity (Wildman–Crippen MR) is 94.1 cm³/mol. The van der Waals surface area contributed by atoms with Crippen LogP contribution in [0.5, 0.6) is 0 Å². The van der Waals surface area contributed by atoms with Crippen LogP contribution in [0.15, 0.2) is 24.3 Å². The highest BCUT2D eigenvalue weighted by molar-refractivity contribution is 5.93. The fourth-order valence-corrected chi connectivity index (χ4v) is 2.75. The highest BCUT2D eigenvalue weighted by Crippen LogP contribution is 2.15. The van der Waals surface area contributed by atoms with E-state index in [-0.39, 0.29) is 18.4 Å². The van der Waals surface area contributed by atoms with Crippen LogP contribution in [0.4, 0.5) is 5.69 Å². The number of amides is 2. The van der Waals surface area contributed by atoms with Crippen molar-refractivity contribution in [3.63, 3.8) is 0 Å². The van der Waals surface area contributed by atoms with E-state index in [1.54, 1.807) is 4.90 Å². The Morgan fingerprint density at radius 1 is 1.12 bits per heavy atom. The number of para-hydroxylation sites is 1. The van der Waals surface area contributed by atoms with Crippen LogP contribution < -0.4 is 5.32 Å². The van der Waals surface area contributed by atoms with E-state index in [2.05, 4.69) is 12.2 Å². The van der Waals surface area contributed by atoms with E-state index >= 15 is 0 Å². The summed E-state index contributed by atoms with van der Waals surface area (Å²) < 4.78 is 4.73. The summed E-state index contributed by atoms with van der Waals surface area (Å²) in [7, 11) is 0. The number of esters is 1. The topological polar surface area (TPSA) is 79.0 Å². The van der Waals surface area contributed by atoms with Gasteiger partial charge in [-0.15, -0.1) is 0 Å². The minimum Gasteiger partial charge on any atom is -0.456 e. The lowest BCUT2D eigenvalue weighted by molar-refractivity contribution is -0.151. The van der Waals surface area contributed by atoms with Gasteiger partial charge in [0.25, 0.3) is 5.91 Å². The van der Waals surface area contributed by atoms with Gasteiger partial charge in [-0.3, -0.25) is 19.3 Å². The number of rotatable bonds is 6. The van der Waals surface area contributed by atoms with Crippen molar-refractivity contribution in [2.24, 2.45) is 0 Å². The zero-order valence-electron chi connectivity index (χ0n) is 14.8. The molecule has 7 heteroatoms. The number of nitrogens with one attached hydrogen (secondary N) is 1. The first-order chi connectivity index (χ1) is 12.0. The third kappa shape index (κ3) is 5.86. The lowest BCUT2D eigenvalue weighted by atomic mass is 10.1. The van der Waals surface area contributed by atoms with Gasteiger partial charge in [0.1, 0.15) is 0 Å². The van der Waals surface area contributed by atoms with Crippen molar-refractivity contribution in [2.45, 2.75) is 20.3 Å². The summed E-state index contributed by atoms with van der Waals surface area (Å²) in [5.74, 6) is -0.715. The van der Waals surface area contributed by atoms with Gasteiger partial charge in [0.2, 0.25) is 5.91 Å². The second-order valence-corrected chi connectivity index (χ2v) is 6.00. The first-order valence-electron chi connectivity index (χ1n) is 8.51. The molecule has 1 saturated heterocycles. The second kappa shape index (κ2) is 9.17. The summed E-state index contributed by atoms with van der Waals surface area (Å²) >= 11 is 0. The number of ether oxygens (including phenoxy) is 1. The van der Waals surface area contributed by atoms with Gasteiger partial charge < -0.3 is 15.0 Å². The molecule has 1 N–H and O–H groups in total. The van der Waals surface area contributed by atoms with E-state index in [4.69, 9.17) is 4.74 Å². The molecule has 0 saturated carbocycles. The number of anilines is 1. The third-order valence-corrected chi connectivity index (χ3v) is 4.16. The van der Waals surface area contributed by atoms with Gasteiger partial charge >= 0.3 is 5.97 Å². The molecule has 0 radical (unpaired) electrons. The zero-order valence-corrected chi connectivity index (χ0v) is 14.8. The average Bonchev–Trinajstić information content (AvgIpc) is 2.60. The van der Waals surface area contributed by atoms with Gasteiger partial charge in [-0.05, 0) is 18.1 Å². The van der Waals surface area contributed by atoms with Crippen molar-refractivity contribution in [1.29, 1.82) is 0 Å². The van der Waals surface area contributed by atoms with Crippen LogP contribution in [0.1, 0.15) is 19.4 Å². The quantitative estimate of drug-likeness (QED) is 0.774. The van der Waals surface area contributed by atoms with Gasteiger partial charge in [0.15, 0.2) is 6.61 Å². The molecule has 7 nitrogen and oxygen atoms in total. The highest BCUT2D eigenvalue weighted by atomic mass is 16.5. The summed E-state index contributed by atoms with van der Waals surface area (Å²) in [6.45, 7) is 5.70. The van der Waals surface area contributed by atoms with Crippen LogP contribution in [0.3, 0.4) is 0 Å². The Bertz CT molecular complexity index is 625. The Morgan fingerprint density at radius 3 is 2.44 bits per heavy atom. The summed E-state index contributed by atoms with van der Waals surface area (Å²) in [6, 6.07) is 7.77. The first kappa shape index (κ1) is 18.9. The molecule has 0 bridgehead atoms. The monoisotopic (exact) mass is 347 g/mol. The molecule has 0 aliphatic carbocycles. The zero-order chi connectivity index (χ0) is 18.2. The van der Waals surface area contributed by atoms with Crippen LogP contribution in [0.2, 0.25) is 0 Å². The molecule has 2 rings (SSSR count). The van der Waals surface area contributed by atoms with Crippen molar-refractivity contribution >= 4 is 23.5 Å². The molecule has 25 heavy (non-hydrogen) atoms. The number of piperazine rings is 1. The Kier molecular flexibility index (Phi) is 6.94. The van der Waals surface area contributed by atoms with Gasteiger partial charge in [0.05, 0.1) is 6.54 Å². The number of nitrogens with zero attached hydrogens (tertiary/aromatic N) is 2. The molecule has 1 fully saturated rings. The standard InChI is InChI=1S/C18H25N3O4/c1-3-15-6-4-5-7-16(15)19-17(23)12-20-8-10-21(11-9-20)18(24)13-25-14(2)22/h4-7H,3,8-13H2,1-2H3,(H,19,23). The maximum atomic E-state index is 12.3. The van der Waals surface area contributed by atoms with E-state index in [9.17, 15) is 14.4 Å². The highest BCUT2D eigenvalue weighted by Gasteiger charge is 2.23. The second-order valence-electron chi connectivity index (χ2n) is 6.00. The van der Waals surface area contributed by atoms with E-state index in [1.165, 1.54) is 6.92 Å². The van der Waals surface area contributed by atoms with Crippen LogP contribution in [0.25, 0.3) is 0 Å². The molecule has 1 aromatic carbocycles.